The molecule has 152 valence electrons. The normalized spacial score (nSPS) is 18.3. The molecule has 2 atom stereocenters. The molecule has 0 bridgehead atoms. The van der Waals surface area contributed by atoms with Crippen LogP contribution < -0.4 is 5.32 Å². The summed E-state index contributed by atoms with van der Waals surface area (Å²) in [5, 5.41) is 19.5. The Labute approximate surface area is 168 Å². The van der Waals surface area contributed by atoms with Crippen molar-refractivity contribution in [2.24, 2.45) is 0 Å². The second-order valence-corrected chi connectivity index (χ2v) is 6.98. The highest BCUT2D eigenvalue weighted by molar-refractivity contribution is 5.90. The van der Waals surface area contributed by atoms with Gasteiger partial charge in [-0.1, -0.05) is 19.4 Å². The van der Waals surface area contributed by atoms with E-state index in [-0.39, 0.29) is 30.0 Å². The minimum atomic E-state index is -0.501. The Hall–Kier alpha value is -3.41. The molecule has 1 aromatic carbocycles. The van der Waals surface area contributed by atoms with Gasteiger partial charge in [-0.2, -0.15) is 5.26 Å². The highest BCUT2D eigenvalue weighted by Crippen LogP contribution is 2.21. The lowest BCUT2D eigenvalue weighted by Gasteiger charge is -2.20. The van der Waals surface area contributed by atoms with Crippen LogP contribution in [-0.4, -0.2) is 52.3 Å². The summed E-state index contributed by atoms with van der Waals surface area (Å²) in [6, 6.07) is 8.45. The lowest BCUT2D eigenvalue weighted by molar-refractivity contribution is 0.0888. The first kappa shape index (κ1) is 20.3. The van der Waals surface area contributed by atoms with Gasteiger partial charge in [-0.25, -0.2) is 4.79 Å². The Morgan fingerprint density at radius 3 is 3.00 bits per heavy atom. The van der Waals surface area contributed by atoms with Crippen LogP contribution in [-0.2, 0) is 4.74 Å². The number of nitriles is 1. The molecule has 0 spiro atoms. The molecule has 1 aromatic heterocycles. The minimum absolute atomic E-state index is 0.0404. The molecular weight excluding hydrogens is 374 g/mol. The zero-order valence-corrected chi connectivity index (χ0v) is 16.4. The average Bonchev–Trinajstić information content (AvgIpc) is 3.35. The molecule has 0 unspecified atom stereocenters. The van der Waals surface area contributed by atoms with Crippen molar-refractivity contribution < 1.29 is 18.7 Å². The third-order valence-corrected chi connectivity index (χ3v) is 4.73. The summed E-state index contributed by atoms with van der Waals surface area (Å²) in [5.41, 5.74) is 1.02. The summed E-state index contributed by atoms with van der Waals surface area (Å²) in [7, 11) is 0. The SMILES string of the molecule is CCCCOC(=O)N1C[C@H](NC(=O)c2nnc(-c3cccc(C#N)c3)o2)C[C@H]1C. The first-order valence-corrected chi connectivity index (χ1v) is 9.60. The van der Waals surface area contributed by atoms with Crippen LogP contribution in [0.15, 0.2) is 28.7 Å². The number of unbranched alkanes of at least 4 members (excludes halogenated alkanes) is 1. The summed E-state index contributed by atoms with van der Waals surface area (Å²) in [6.07, 6.45) is 2.03. The number of hydrogen-bond acceptors (Lipinski definition) is 7. The van der Waals surface area contributed by atoms with E-state index in [4.69, 9.17) is 14.4 Å². The molecule has 2 heterocycles. The Morgan fingerprint density at radius 2 is 2.24 bits per heavy atom. The molecule has 1 aliphatic rings. The number of rotatable bonds is 6. The maximum absolute atomic E-state index is 12.5. The fourth-order valence-corrected chi connectivity index (χ4v) is 3.18. The molecule has 1 N–H and O–H groups in total. The number of hydrogen-bond donors (Lipinski definition) is 1. The number of ether oxygens (including phenoxy) is 1. The van der Waals surface area contributed by atoms with Crippen LogP contribution >= 0.6 is 0 Å². The monoisotopic (exact) mass is 397 g/mol. The van der Waals surface area contributed by atoms with Gasteiger partial charge in [-0.3, -0.25) is 4.79 Å². The number of aromatic nitrogens is 2. The van der Waals surface area contributed by atoms with Crippen molar-refractivity contribution in [3.8, 4) is 17.5 Å². The number of nitrogens with zero attached hydrogens (tertiary/aromatic N) is 4. The Kier molecular flexibility index (Phi) is 6.44. The summed E-state index contributed by atoms with van der Waals surface area (Å²) >= 11 is 0. The minimum Gasteiger partial charge on any atom is -0.449 e. The average molecular weight is 397 g/mol. The molecule has 1 fully saturated rings. The molecule has 0 aliphatic carbocycles. The van der Waals surface area contributed by atoms with E-state index < -0.39 is 5.91 Å². The van der Waals surface area contributed by atoms with E-state index in [1.165, 1.54) is 0 Å². The van der Waals surface area contributed by atoms with E-state index in [2.05, 4.69) is 15.5 Å². The second-order valence-electron chi connectivity index (χ2n) is 6.98. The van der Waals surface area contributed by atoms with Gasteiger partial charge in [0.15, 0.2) is 0 Å². The molecule has 1 saturated heterocycles. The van der Waals surface area contributed by atoms with Crippen molar-refractivity contribution in [2.45, 2.75) is 45.2 Å². The highest BCUT2D eigenvalue weighted by atomic mass is 16.6. The Morgan fingerprint density at radius 1 is 1.41 bits per heavy atom. The van der Waals surface area contributed by atoms with Crippen molar-refractivity contribution in [1.82, 2.24) is 20.4 Å². The van der Waals surface area contributed by atoms with Crippen LogP contribution in [0.2, 0.25) is 0 Å². The van der Waals surface area contributed by atoms with Crippen molar-refractivity contribution >= 4 is 12.0 Å². The zero-order chi connectivity index (χ0) is 20.8. The summed E-state index contributed by atoms with van der Waals surface area (Å²) < 4.78 is 10.7. The number of likely N-dealkylation sites (tertiary alicyclic amines) is 1. The molecule has 0 saturated carbocycles. The fourth-order valence-electron chi connectivity index (χ4n) is 3.18. The molecular formula is C20H23N5O4. The number of benzene rings is 1. The predicted molar refractivity (Wildman–Crippen MR) is 103 cm³/mol. The van der Waals surface area contributed by atoms with Gasteiger partial charge in [-0.15, -0.1) is 10.2 Å². The first-order valence-electron chi connectivity index (χ1n) is 9.60. The van der Waals surface area contributed by atoms with Crippen molar-refractivity contribution in [2.75, 3.05) is 13.2 Å². The lowest BCUT2D eigenvalue weighted by atomic mass is 10.1. The van der Waals surface area contributed by atoms with Crippen LogP contribution in [0.25, 0.3) is 11.5 Å². The molecule has 2 aromatic rings. The molecule has 3 rings (SSSR count). The molecule has 2 amide bonds. The summed E-state index contributed by atoms with van der Waals surface area (Å²) in [4.78, 5) is 26.3. The van der Waals surface area contributed by atoms with Crippen LogP contribution in [0.4, 0.5) is 4.79 Å². The van der Waals surface area contributed by atoms with E-state index in [1.54, 1.807) is 29.2 Å². The van der Waals surface area contributed by atoms with Crippen LogP contribution in [0.1, 0.15) is 49.4 Å². The maximum Gasteiger partial charge on any atom is 0.410 e. The second kappa shape index (κ2) is 9.19. The quantitative estimate of drug-likeness (QED) is 0.744. The largest absolute Gasteiger partial charge is 0.449 e. The predicted octanol–water partition coefficient (Wildman–Crippen LogP) is 2.74. The number of nitrogens with one attached hydrogen (secondary N) is 1. The van der Waals surface area contributed by atoms with Gasteiger partial charge in [-0.05, 0) is 38.0 Å². The van der Waals surface area contributed by atoms with E-state index in [1.807, 2.05) is 19.9 Å². The zero-order valence-electron chi connectivity index (χ0n) is 16.4. The molecule has 9 heteroatoms. The topological polar surface area (TPSA) is 121 Å². The standard InChI is InChI=1S/C20H23N5O4/c1-3-4-8-28-20(27)25-12-16(9-13(25)2)22-17(26)19-24-23-18(29-19)15-7-5-6-14(10-15)11-21/h5-7,10,13,16H,3-4,8-9,12H2,1-2H3,(H,22,26)/t13-,16-/m1/s1. The van der Waals surface area contributed by atoms with Crippen molar-refractivity contribution in [3.05, 3.63) is 35.7 Å². The van der Waals surface area contributed by atoms with Crippen LogP contribution in [0.5, 0.6) is 0 Å². The van der Waals surface area contributed by atoms with Crippen molar-refractivity contribution in [1.29, 1.82) is 5.26 Å². The van der Waals surface area contributed by atoms with E-state index in [0.717, 1.165) is 12.8 Å². The Bertz CT molecular complexity index is 920. The first-order chi connectivity index (χ1) is 14.0. The maximum atomic E-state index is 12.5. The van der Waals surface area contributed by atoms with Gasteiger partial charge in [0.25, 0.3) is 0 Å². The van der Waals surface area contributed by atoms with Gasteiger partial charge in [0.1, 0.15) is 0 Å². The number of amides is 2. The van der Waals surface area contributed by atoms with Crippen LogP contribution in [0, 0.1) is 11.3 Å². The van der Waals surface area contributed by atoms with Crippen LogP contribution in [0.3, 0.4) is 0 Å². The highest BCUT2D eigenvalue weighted by Gasteiger charge is 2.35. The molecule has 29 heavy (non-hydrogen) atoms. The van der Waals surface area contributed by atoms with Gasteiger partial charge >= 0.3 is 17.9 Å². The lowest BCUT2D eigenvalue weighted by Crippen LogP contribution is -2.39. The number of carbonyl (C=O) groups is 2. The third-order valence-electron chi connectivity index (χ3n) is 4.73. The van der Waals surface area contributed by atoms with Gasteiger partial charge in [0.05, 0.1) is 18.2 Å². The summed E-state index contributed by atoms with van der Waals surface area (Å²) in [6.45, 7) is 4.71. The molecule has 1 aliphatic heterocycles. The van der Waals surface area contributed by atoms with Gasteiger partial charge in [0, 0.05) is 24.2 Å². The smallest absolute Gasteiger partial charge is 0.410 e. The van der Waals surface area contributed by atoms with Gasteiger partial charge < -0.3 is 19.4 Å². The number of carbonyl (C=O) groups excluding carboxylic acids is 2. The molecule has 0 radical (unpaired) electrons. The van der Waals surface area contributed by atoms with E-state index >= 15 is 0 Å². The summed E-state index contributed by atoms with van der Waals surface area (Å²) in [5.74, 6) is -0.509. The van der Waals surface area contributed by atoms with Gasteiger partial charge in [0.2, 0.25) is 5.89 Å². The Balaban J connectivity index is 1.59. The third kappa shape index (κ3) is 4.90. The van der Waals surface area contributed by atoms with Crippen molar-refractivity contribution in [3.63, 3.8) is 0 Å². The molecule has 9 nitrogen and oxygen atoms in total. The fraction of sp³-hybridized carbons (Fsp3) is 0.450. The van der Waals surface area contributed by atoms with E-state index in [9.17, 15) is 9.59 Å². The van der Waals surface area contributed by atoms with E-state index in [0.29, 0.717) is 30.7 Å².